The zero-order chi connectivity index (χ0) is 18.8. The van der Waals surface area contributed by atoms with E-state index in [0.717, 1.165) is 23.8 Å². The average Bonchev–Trinajstić information content (AvgIpc) is 3.30. The van der Waals surface area contributed by atoms with E-state index in [1.165, 1.54) is 0 Å². The Hall–Kier alpha value is -2.80. The zero-order valence-electron chi connectivity index (χ0n) is 15.0. The summed E-state index contributed by atoms with van der Waals surface area (Å²) in [6, 6.07) is 11.5. The van der Waals surface area contributed by atoms with Gasteiger partial charge in [0, 0.05) is 50.0 Å². The van der Waals surface area contributed by atoms with Gasteiger partial charge in [0.25, 0.3) is 5.91 Å². The second-order valence-corrected chi connectivity index (χ2v) is 6.95. The maximum Gasteiger partial charge on any atom is 0.270 e. The van der Waals surface area contributed by atoms with E-state index in [1.807, 2.05) is 52.1 Å². The molecule has 1 aromatic carbocycles. The third-order valence-corrected chi connectivity index (χ3v) is 4.91. The number of halogens is 1. The number of benzene rings is 1. The van der Waals surface area contributed by atoms with E-state index in [2.05, 4.69) is 15.0 Å². The van der Waals surface area contributed by atoms with Crippen LogP contribution in [-0.2, 0) is 6.54 Å². The zero-order valence-corrected chi connectivity index (χ0v) is 15.8. The molecule has 3 heterocycles. The summed E-state index contributed by atoms with van der Waals surface area (Å²) in [7, 11) is 0. The smallest absolute Gasteiger partial charge is 0.270 e. The molecule has 1 saturated heterocycles. The monoisotopic (exact) mass is 385 g/mol. The predicted octanol–water partition coefficient (Wildman–Crippen LogP) is 2.84. The highest BCUT2D eigenvalue weighted by Gasteiger charge is 2.24. The maximum atomic E-state index is 13.0. The molecule has 140 valence electrons. The normalized spacial score (nSPS) is 14.6. The largest absolute Gasteiger partial charge is 0.368 e. The van der Waals surface area contributed by atoms with E-state index >= 15 is 0 Å². The van der Waals surface area contributed by atoms with Gasteiger partial charge in [0.1, 0.15) is 5.69 Å². The minimum Gasteiger partial charge on any atom is -0.368 e. The maximum absolute atomic E-state index is 13.0. The third kappa shape index (κ3) is 3.83. The molecule has 27 heavy (non-hydrogen) atoms. The quantitative estimate of drug-likeness (QED) is 0.690. The molecule has 4 rings (SSSR count). The number of aryl methyl sites for hydroxylation is 1. The summed E-state index contributed by atoms with van der Waals surface area (Å²) < 4.78 is 6.86. The van der Waals surface area contributed by atoms with Crippen molar-refractivity contribution in [2.24, 2.45) is 0 Å². The van der Waals surface area contributed by atoms with Gasteiger partial charge in [-0.05, 0) is 30.3 Å². The molecule has 0 N–H and O–H groups in total. The molecule has 0 unspecified atom stereocenters. The number of hydrogen-bond donors (Lipinski definition) is 0. The minimum absolute atomic E-state index is 0.0194. The van der Waals surface area contributed by atoms with E-state index in [4.69, 9.17) is 16.1 Å². The van der Waals surface area contributed by atoms with Crippen molar-refractivity contribution in [3.63, 3.8) is 0 Å². The molecule has 1 aliphatic rings. The van der Waals surface area contributed by atoms with Crippen molar-refractivity contribution in [1.82, 2.24) is 19.6 Å². The minimum atomic E-state index is 0.0194. The molecule has 3 aromatic rings. The summed E-state index contributed by atoms with van der Waals surface area (Å²) in [6.07, 6.45) is 1.86. The van der Waals surface area contributed by atoms with Crippen LogP contribution in [0.5, 0.6) is 0 Å². The van der Waals surface area contributed by atoms with E-state index < -0.39 is 0 Å². The average molecular weight is 386 g/mol. The SMILES string of the molecule is Cc1nc(Cn2cccc2C(=O)N2CCN(c3cccc(Cl)c3)CC2)no1. The van der Waals surface area contributed by atoms with Crippen molar-refractivity contribution < 1.29 is 9.32 Å². The van der Waals surface area contributed by atoms with Gasteiger partial charge in [-0.25, -0.2) is 0 Å². The Kier molecular flexibility index (Phi) is 4.85. The van der Waals surface area contributed by atoms with Gasteiger partial charge in [-0.1, -0.05) is 22.8 Å². The van der Waals surface area contributed by atoms with E-state index in [9.17, 15) is 4.79 Å². The molecule has 0 bridgehead atoms. The van der Waals surface area contributed by atoms with Crippen molar-refractivity contribution in [3.8, 4) is 0 Å². The van der Waals surface area contributed by atoms with E-state index in [1.54, 1.807) is 6.92 Å². The van der Waals surface area contributed by atoms with E-state index in [0.29, 0.717) is 37.0 Å². The second-order valence-electron chi connectivity index (χ2n) is 6.51. The number of anilines is 1. The first kappa shape index (κ1) is 17.6. The van der Waals surface area contributed by atoms with Gasteiger partial charge >= 0.3 is 0 Å². The lowest BCUT2D eigenvalue weighted by Crippen LogP contribution is -2.49. The Labute approximate surface area is 162 Å². The van der Waals surface area contributed by atoms with Crippen LogP contribution < -0.4 is 4.90 Å². The highest BCUT2D eigenvalue weighted by atomic mass is 35.5. The van der Waals surface area contributed by atoms with Gasteiger partial charge in [0.05, 0.1) is 6.54 Å². The van der Waals surface area contributed by atoms with Gasteiger partial charge < -0.3 is 18.9 Å². The summed E-state index contributed by atoms with van der Waals surface area (Å²) in [5.74, 6) is 1.09. The van der Waals surface area contributed by atoms with Gasteiger partial charge in [-0.3, -0.25) is 4.79 Å². The number of carbonyl (C=O) groups is 1. The standard InChI is InChI=1S/C19H20ClN5O2/c1-14-21-18(22-27-14)13-25-7-3-6-17(25)19(26)24-10-8-23(9-11-24)16-5-2-4-15(20)12-16/h2-7,12H,8-11,13H2,1H3. The lowest BCUT2D eigenvalue weighted by Gasteiger charge is -2.36. The number of hydrogen-bond acceptors (Lipinski definition) is 5. The third-order valence-electron chi connectivity index (χ3n) is 4.67. The molecule has 0 aliphatic carbocycles. The van der Waals surface area contributed by atoms with Crippen molar-refractivity contribution in [2.45, 2.75) is 13.5 Å². The molecule has 0 spiro atoms. The van der Waals surface area contributed by atoms with Crippen molar-refractivity contribution in [3.05, 3.63) is 65.0 Å². The molecular formula is C19H20ClN5O2. The fourth-order valence-corrected chi connectivity index (χ4v) is 3.49. The Morgan fingerprint density at radius 3 is 2.70 bits per heavy atom. The molecule has 0 radical (unpaired) electrons. The summed E-state index contributed by atoms with van der Waals surface area (Å²) >= 11 is 6.09. The molecule has 7 nitrogen and oxygen atoms in total. The first-order valence-electron chi connectivity index (χ1n) is 8.84. The molecule has 1 amide bonds. The number of amides is 1. The van der Waals surface area contributed by atoms with Crippen LogP contribution in [-0.4, -0.2) is 51.7 Å². The van der Waals surface area contributed by atoms with Crippen LogP contribution >= 0.6 is 11.6 Å². The highest BCUT2D eigenvalue weighted by Crippen LogP contribution is 2.21. The summed E-state index contributed by atoms with van der Waals surface area (Å²) in [6.45, 7) is 5.04. The van der Waals surface area contributed by atoms with Crippen LogP contribution in [0.2, 0.25) is 5.02 Å². The summed E-state index contributed by atoms with van der Waals surface area (Å²) in [5, 5.41) is 4.63. The molecule has 1 aliphatic heterocycles. The molecule has 0 atom stereocenters. The van der Waals surface area contributed by atoms with Crippen LogP contribution in [0.3, 0.4) is 0 Å². The lowest BCUT2D eigenvalue weighted by molar-refractivity contribution is 0.0736. The highest BCUT2D eigenvalue weighted by molar-refractivity contribution is 6.30. The van der Waals surface area contributed by atoms with Gasteiger partial charge in [-0.2, -0.15) is 4.98 Å². The van der Waals surface area contributed by atoms with Crippen molar-refractivity contribution >= 4 is 23.2 Å². The number of carbonyl (C=O) groups excluding carboxylic acids is 1. The Morgan fingerprint density at radius 1 is 1.19 bits per heavy atom. The summed E-state index contributed by atoms with van der Waals surface area (Å²) in [5.41, 5.74) is 1.72. The van der Waals surface area contributed by atoms with Crippen LogP contribution in [0.15, 0.2) is 47.1 Å². The fourth-order valence-electron chi connectivity index (χ4n) is 3.31. The lowest BCUT2D eigenvalue weighted by atomic mass is 10.2. The Bertz CT molecular complexity index is 943. The molecule has 2 aromatic heterocycles. The van der Waals surface area contributed by atoms with Crippen LogP contribution in [0, 0.1) is 6.92 Å². The number of nitrogens with zero attached hydrogens (tertiary/aromatic N) is 5. The number of aromatic nitrogens is 3. The molecule has 0 saturated carbocycles. The first-order chi connectivity index (χ1) is 13.1. The second kappa shape index (κ2) is 7.44. The molecular weight excluding hydrogens is 366 g/mol. The first-order valence-corrected chi connectivity index (χ1v) is 9.22. The van der Waals surface area contributed by atoms with Gasteiger partial charge in [-0.15, -0.1) is 0 Å². The molecule has 1 fully saturated rings. The van der Waals surface area contributed by atoms with Crippen LogP contribution in [0.4, 0.5) is 5.69 Å². The topological polar surface area (TPSA) is 67.4 Å². The van der Waals surface area contributed by atoms with Crippen molar-refractivity contribution in [2.75, 3.05) is 31.1 Å². The Balaban J connectivity index is 1.42. The van der Waals surface area contributed by atoms with Gasteiger partial charge in [0.2, 0.25) is 5.89 Å². The fraction of sp³-hybridized carbons (Fsp3) is 0.316. The Morgan fingerprint density at radius 2 is 2.00 bits per heavy atom. The molecule has 8 heteroatoms. The number of rotatable bonds is 4. The van der Waals surface area contributed by atoms with Crippen LogP contribution in [0.1, 0.15) is 22.2 Å². The van der Waals surface area contributed by atoms with E-state index in [-0.39, 0.29) is 5.91 Å². The summed E-state index contributed by atoms with van der Waals surface area (Å²) in [4.78, 5) is 21.3. The van der Waals surface area contributed by atoms with Crippen molar-refractivity contribution in [1.29, 1.82) is 0 Å². The van der Waals surface area contributed by atoms with Crippen LogP contribution in [0.25, 0.3) is 0 Å². The van der Waals surface area contributed by atoms with Gasteiger partial charge in [0.15, 0.2) is 5.82 Å². The predicted molar refractivity (Wildman–Crippen MR) is 102 cm³/mol. The number of piperazine rings is 1.